The molecule has 0 spiro atoms. The minimum absolute atomic E-state index is 0.0620. The van der Waals surface area contributed by atoms with E-state index >= 15 is 0 Å². The van der Waals surface area contributed by atoms with E-state index in [0.29, 0.717) is 22.5 Å². The number of carbonyl (C=O) groups excluding carboxylic acids is 2. The highest BCUT2D eigenvalue weighted by Gasteiger charge is 2.20. The molecule has 0 fully saturated rings. The van der Waals surface area contributed by atoms with Crippen molar-refractivity contribution in [2.45, 2.75) is 13.3 Å². The third kappa shape index (κ3) is 4.98. The van der Waals surface area contributed by atoms with Crippen LogP contribution in [0.15, 0.2) is 60.7 Å². The predicted octanol–water partition coefficient (Wildman–Crippen LogP) is 4.31. The van der Waals surface area contributed by atoms with Gasteiger partial charge in [-0.3, -0.25) is 19.7 Å². The van der Waals surface area contributed by atoms with Gasteiger partial charge in [0, 0.05) is 29.5 Å². The standard InChI is InChI=1S/C22H19N3O4S/c1-14-18(13-15-6-3-2-4-7-15)30-22(20(14)21(23)27)24-19(26)11-10-16-8-5-9-17(12-16)25(28)29/h2-12H,13H2,1H3,(H2,23,27)(H,24,26)/b11-10+. The van der Waals surface area contributed by atoms with Gasteiger partial charge in [-0.2, -0.15) is 0 Å². The number of nitrogens with one attached hydrogen (secondary N) is 1. The maximum absolute atomic E-state index is 12.4. The first kappa shape index (κ1) is 20.9. The number of primary amides is 1. The molecule has 152 valence electrons. The van der Waals surface area contributed by atoms with Crippen LogP contribution in [0.4, 0.5) is 10.7 Å². The fourth-order valence-electron chi connectivity index (χ4n) is 2.96. The van der Waals surface area contributed by atoms with E-state index in [1.54, 1.807) is 12.1 Å². The summed E-state index contributed by atoms with van der Waals surface area (Å²) in [5.74, 6) is -1.07. The number of carbonyl (C=O) groups is 2. The van der Waals surface area contributed by atoms with Crippen LogP contribution in [0.3, 0.4) is 0 Å². The summed E-state index contributed by atoms with van der Waals surface area (Å²) >= 11 is 1.31. The maximum atomic E-state index is 12.4. The highest BCUT2D eigenvalue weighted by molar-refractivity contribution is 7.17. The average Bonchev–Trinajstić information content (AvgIpc) is 3.02. The number of anilines is 1. The first-order chi connectivity index (χ1) is 14.3. The van der Waals surface area contributed by atoms with Crippen LogP contribution in [-0.4, -0.2) is 16.7 Å². The number of hydrogen-bond donors (Lipinski definition) is 2. The Morgan fingerprint density at radius 3 is 2.57 bits per heavy atom. The molecule has 2 aromatic carbocycles. The van der Waals surface area contributed by atoms with Gasteiger partial charge >= 0.3 is 0 Å². The average molecular weight is 421 g/mol. The molecule has 0 radical (unpaired) electrons. The maximum Gasteiger partial charge on any atom is 0.270 e. The molecule has 0 bridgehead atoms. The van der Waals surface area contributed by atoms with E-state index in [9.17, 15) is 19.7 Å². The van der Waals surface area contributed by atoms with Crippen molar-refractivity contribution in [1.82, 2.24) is 0 Å². The Labute approximate surface area is 177 Å². The van der Waals surface area contributed by atoms with Gasteiger partial charge in [-0.1, -0.05) is 42.5 Å². The van der Waals surface area contributed by atoms with Crippen LogP contribution in [-0.2, 0) is 11.2 Å². The lowest BCUT2D eigenvalue weighted by Gasteiger charge is -2.02. The van der Waals surface area contributed by atoms with Crippen molar-refractivity contribution in [1.29, 1.82) is 0 Å². The second-order valence-electron chi connectivity index (χ2n) is 6.56. The molecule has 3 rings (SSSR count). The zero-order valence-electron chi connectivity index (χ0n) is 16.1. The van der Waals surface area contributed by atoms with Crippen molar-refractivity contribution in [3.63, 3.8) is 0 Å². The van der Waals surface area contributed by atoms with Gasteiger partial charge in [0.2, 0.25) is 5.91 Å². The summed E-state index contributed by atoms with van der Waals surface area (Å²) in [5, 5.41) is 14.0. The third-order valence-electron chi connectivity index (χ3n) is 4.44. The Hall–Kier alpha value is -3.78. The van der Waals surface area contributed by atoms with Crippen LogP contribution >= 0.6 is 11.3 Å². The van der Waals surface area contributed by atoms with Crippen LogP contribution in [0.25, 0.3) is 6.08 Å². The lowest BCUT2D eigenvalue weighted by molar-refractivity contribution is -0.384. The highest BCUT2D eigenvalue weighted by atomic mass is 32.1. The fourth-order valence-corrected chi connectivity index (χ4v) is 4.21. The molecule has 1 aromatic heterocycles. The van der Waals surface area contributed by atoms with Crippen molar-refractivity contribution < 1.29 is 14.5 Å². The summed E-state index contributed by atoms with van der Waals surface area (Å²) in [6.45, 7) is 1.81. The molecule has 0 unspecified atom stereocenters. The van der Waals surface area contributed by atoms with E-state index in [4.69, 9.17) is 5.73 Å². The number of rotatable bonds is 7. The number of nitro groups is 1. The van der Waals surface area contributed by atoms with Crippen molar-refractivity contribution in [2.75, 3.05) is 5.32 Å². The highest BCUT2D eigenvalue weighted by Crippen LogP contribution is 2.34. The lowest BCUT2D eigenvalue weighted by Crippen LogP contribution is -2.16. The van der Waals surface area contributed by atoms with Crippen molar-refractivity contribution in [3.8, 4) is 0 Å². The molecule has 0 aliphatic rings. The summed E-state index contributed by atoms with van der Waals surface area (Å²) in [6.07, 6.45) is 3.35. The molecule has 8 heteroatoms. The van der Waals surface area contributed by atoms with Crippen LogP contribution in [0.5, 0.6) is 0 Å². The lowest BCUT2D eigenvalue weighted by atomic mass is 10.1. The first-order valence-electron chi connectivity index (χ1n) is 9.04. The SMILES string of the molecule is Cc1c(Cc2ccccc2)sc(NC(=O)/C=C/c2cccc([N+](=O)[O-])c2)c1C(N)=O. The van der Waals surface area contributed by atoms with Crippen LogP contribution < -0.4 is 11.1 Å². The predicted molar refractivity (Wildman–Crippen MR) is 118 cm³/mol. The van der Waals surface area contributed by atoms with Crippen molar-refractivity contribution >= 4 is 39.9 Å². The van der Waals surface area contributed by atoms with E-state index < -0.39 is 16.7 Å². The summed E-state index contributed by atoms with van der Waals surface area (Å²) in [7, 11) is 0. The van der Waals surface area contributed by atoms with Gasteiger partial charge in [0.1, 0.15) is 5.00 Å². The van der Waals surface area contributed by atoms with Crippen LogP contribution in [0, 0.1) is 17.0 Å². The molecule has 0 atom stereocenters. The molecule has 2 amide bonds. The molecule has 3 N–H and O–H groups in total. The summed E-state index contributed by atoms with van der Waals surface area (Å²) < 4.78 is 0. The zero-order valence-corrected chi connectivity index (χ0v) is 16.9. The third-order valence-corrected chi connectivity index (χ3v) is 5.65. The van der Waals surface area contributed by atoms with Gasteiger partial charge in [-0.05, 0) is 29.7 Å². The molecule has 7 nitrogen and oxygen atoms in total. The minimum atomic E-state index is -0.610. The van der Waals surface area contributed by atoms with E-state index in [1.165, 1.54) is 35.6 Å². The summed E-state index contributed by atoms with van der Waals surface area (Å²) in [6, 6.07) is 15.7. The number of thiophene rings is 1. The Bertz CT molecular complexity index is 1140. The molecular weight excluding hydrogens is 402 g/mol. The zero-order chi connectivity index (χ0) is 21.7. The molecule has 1 heterocycles. The fraction of sp³-hybridized carbons (Fsp3) is 0.0909. The van der Waals surface area contributed by atoms with Gasteiger partial charge in [-0.15, -0.1) is 11.3 Å². The molecule has 30 heavy (non-hydrogen) atoms. The first-order valence-corrected chi connectivity index (χ1v) is 9.86. The smallest absolute Gasteiger partial charge is 0.270 e. The van der Waals surface area contributed by atoms with Crippen molar-refractivity contribution in [2.24, 2.45) is 5.73 Å². The minimum Gasteiger partial charge on any atom is -0.365 e. The van der Waals surface area contributed by atoms with E-state index in [1.807, 2.05) is 37.3 Å². The molecular formula is C22H19N3O4S. The van der Waals surface area contributed by atoms with E-state index in [0.717, 1.165) is 16.0 Å². The van der Waals surface area contributed by atoms with Gasteiger partial charge < -0.3 is 11.1 Å². The Kier molecular flexibility index (Phi) is 6.38. The Balaban J connectivity index is 1.80. The van der Waals surface area contributed by atoms with Gasteiger partial charge in [-0.25, -0.2) is 0 Å². The van der Waals surface area contributed by atoms with Crippen LogP contribution in [0.1, 0.15) is 31.9 Å². The van der Waals surface area contributed by atoms with E-state index in [-0.39, 0.29) is 5.69 Å². The number of benzene rings is 2. The molecule has 0 aliphatic carbocycles. The molecule has 3 aromatic rings. The normalized spacial score (nSPS) is 10.8. The molecule has 0 saturated carbocycles. The van der Waals surface area contributed by atoms with Crippen molar-refractivity contribution in [3.05, 3.63) is 97.9 Å². The van der Waals surface area contributed by atoms with E-state index in [2.05, 4.69) is 5.32 Å². The second-order valence-corrected chi connectivity index (χ2v) is 7.66. The number of non-ortho nitro benzene ring substituents is 1. The number of amides is 2. The van der Waals surface area contributed by atoms with Gasteiger partial charge in [0.25, 0.3) is 11.6 Å². The quantitative estimate of drug-likeness (QED) is 0.336. The number of nitro benzene ring substituents is 1. The largest absolute Gasteiger partial charge is 0.365 e. The van der Waals surface area contributed by atoms with Gasteiger partial charge in [0.15, 0.2) is 0 Å². The Morgan fingerprint density at radius 2 is 1.90 bits per heavy atom. The monoisotopic (exact) mass is 421 g/mol. The summed E-state index contributed by atoms with van der Waals surface area (Å²) in [5.41, 5.74) is 8.12. The molecule has 0 aliphatic heterocycles. The van der Waals surface area contributed by atoms with Gasteiger partial charge in [0.05, 0.1) is 10.5 Å². The number of hydrogen-bond acceptors (Lipinski definition) is 5. The number of nitrogens with zero attached hydrogens (tertiary/aromatic N) is 1. The molecule has 0 saturated heterocycles. The second kappa shape index (κ2) is 9.15. The van der Waals surface area contributed by atoms with Crippen LogP contribution in [0.2, 0.25) is 0 Å². The number of nitrogens with two attached hydrogens (primary N) is 1. The Morgan fingerprint density at radius 1 is 1.17 bits per heavy atom. The topological polar surface area (TPSA) is 115 Å². The summed E-state index contributed by atoms with van der Waals surface area (Å²) in [4.78, 5) is 35.6.